The lowest BCUT2D eigenvalue weighted by atomic mass is 9.77. The van der Waals surface area contributed by atoms with Crippen LogP contribution in [-0.4, -0.2) is 33.0 Å². The van der Waals surface area contributed by atoms with Gasteiger partial charge in [0.05, 0.1) is 5.56 Å². The number of pyridine rings is 1. The molecule has 0 unspecified atom stereocenters. The van der Waals surface area contributed by atoms with Crippen molar-refractivity contribution in [1.29, 1.82) is 0 Å². The largest absolute Gasteiger partial charge is 0.417 e. The van der Waals surface area contributed by atoms with Gasteiger partial charge in [-0.2, -0.15) is 18.2 Å². The molecule has 0 aromatic carbocycles. The first kappa shape index (κ1) is 19.9. The third kappa shape index (κ3) is 3.73. The Balaban J connectivity index is 1.71. The number of carbonyl (C=O) groups is 3. The van der Waals surface area contributed by atoms with Gasteiger partial charge in [0, 0.05) is 12.3 Å². The molecule has 3 rings (SSSR count). The molecule has 152 valence electrons. The molecule has 2 aliphatic rings. The number of imide groups is 1. The van der Waals surface area contributed by atoms with E-state index in [2.05, 4.69) is 10.7 Å². The SMILES string of the molecule is CC1CCC2(CC1)NC(=O)N(NC(=O)Cn1cc(C(F)(F)F)ccc1=O)C2=O. The van der Waals surface area contributed by atoms with Crippen molar-refractivity contribution in [2.45, 2.75) is 50.9 Å². The van der Waals surface area contributed by atoms with Gasteiger partial charge in [-0.1, -0.05) is 6.92 Å². The number of amides is 4. The monoisotopic (exact) mass is 400 g/mol. The Morgan fingerprint density at radius 1 is 1.25 bits per heavy atom. The molecular formula is C17H19F3N4O4. The van der Waals surface area contributed by atoms with E-state index in [9.17, 15) is 32.3 Å². The van der Waals surface area contributed by atoms with E-state index < -0.39 is 47.2 Å². The Morgan fingerprint density at radius 2 is 1.89 bits per heavy atom. The summed E-state index contributed by atoms with van der Waals surface area (Å²) in [7, 11) is 0. The van der Waals surface area contributed by atoms with Gasteiger partial charge in [0.1, 0.15) is 12.1 Å². The second-order valence-electron chi connectivity index (χ2n) is 7.25. The predicted octanol–water partition coefficient (Wildman–Crippen LogP) is 1.40. The number of hydrogen-bond acceptors (Lipinski definition) is 4. The predicted molar refractivity (Wildman–Crippen MR) is 89.6 cm³/mol. The minimum atomic E-state index is -4.68. The summed E-state index contributed by atoms with van der Waals surface area (Å²) in [5, 5.41) is 3.14. The second-order valence-corrected chi connectivity index (χ2v) is 7.25. The number of carbonyl (C=O) groups excluding carboxylic acids is 3. The lowest BCUT2D eigenvalue weighted by Crippen LogP contribution is -2.52. The topological polar surface area (TPSA) is 101 Å². The van der Waals surface area contributed by atoms with E-state index >= 15 is 0 Å². The normalized spacial score (nSPS) is 25.1. The van der Waals surface area contributed by atoms with Crippen molar-refractivity contribution >= 4 is 17.8 Å². The Kier molecular flexibility index (Phi) is 4.94. The van der Waals surface area contributed by atoms with Crippen molar-refractivity contribution < 1.29 is 27.6 Å². The van der Waals surface area contributed by atoms with Crippen LogP contribution in [0.2, 0.25) is 0 Å². The first-order chi connectivity index (χ1) is 13.0. The maximum atomic E-state index is 12.8. The zero-order valence-corrected chi connectivity index (χ0v) is 15.0. The van der Waals surface area contributed by atoms with Crippen LogP contribution in [-0.2, 0) is 22.3 Å². The average molecular weight is 400 g/mol. The molecule has 2 N–H and O–H groups in total. The highest BCUT2D eigenvalue weighted by Crippen LogP contribution is 2.35. The molecule has 1 aromatic rings. The van der Waals surface area contributed by atoms with Gasteiger partial charge < -0.3 is 9.88 Å². The highest BCUT2D eigenvalue weighted by Gasteiger charge is 2.52. The van der Waals surface area contributed by atoms with Crippen LogP contribution in [0.1, 0.15) is 38.2 Å². The van der Waals surface area contributed by atoms with Gasteiger partial charge in [-0.25, -0.2) is 4.79 Å². The zero-order chi connectivity index (χ0) is 20.7. The summed E-state index contributed by atoms with van der Waals surface area (Å²) in [5.41, 5.74) is -0.892. The van der Waals surface area contributed by atoms with Gasteiger partial charge in [0.25, 0.3) is 17.4 Å². The summed E-state index contributed by atoms with van der Waals surface area (Å²) >= 11 is 0. The molecule has 0 atom stereocenters. The van der Waals surface area contributed by atoms with E-state index in [1.54, 1.807) is 0 Å². The smallest absolute Gasteiger partial charge is 0.322 e. The van der Waals surface area contributed by atoms with Crippen molar-refractivity contribution in [2.75, 3.05) is 0 Å². The zero-order valence-electron chi connectivity index (χ0n) is 15.0. The molecule has 4 amide bonds. The van der Waals surface area contributed by atoms with Crippen LogP contribution >= 0.6 is 0 Å². The molecule has 28 heavy (non-hydrogen) atoms. The first-order valence-corrected chi connectivity index (χ1v) is 8.76. The van der Waals surface area contributed by atoms with Crippen LogP contribution in [0, 0.1) is 5.92 Å². The lowest BCUT2D eigenvalue weighted by Gasteiger charge is -2.33. The number of aromatic nitrogens is 1. The molecule has 2 fully saturated rings. The summed E-state index contributed by atoms with van der Waals surface area (Å²) in [6.07, 6.45) is -1.80. The van der Waals surface area contributed by atoms with Crippen LogP contribution < -0.4 is 16.3 Å². The van der Waals surface area contributed by atoms with Crippen LogP contribution in [0.15, 0.2) is 23.1 Å². The fraction of sp³-hybridized carbons (Fsp3) is 0.529. The maximum absolute atomic E-state index is 12.8. The van der Waals surface area contributed by atoms with Gasteiger partial charge in [0.15, 0.2) is 0 Å². The summed E-state index contributed by atoms with van der Waals surface area (Å²) in [5.74, 6) is -1.15. The molecule has 1 aliphatic carbocycles. The maximum Gasteiger partial charge on any atom is 0.417 e. The summed E-state index contributed by atoms with van der Waals surface area (Å²) in [6, 6.07) is 0.508. The van der Waals surface area contributed by atoms with Crippen molar-refractivity contribution in [3.05, 3.63) is 34.2 Å². The van der Waals surface area contributed by atoms with E-state index in [1.165, 1.54) is 0 Å². The third-order valence-electron chi connectivity index (χ3n) is 5.15. The molecule has 1 saturated heterocycles. The molecule has 1 saturated carbocycles. The minimum absolute atomic E-state index is 0.423. The van der Waals surface area contributed by atoms with Crippen molar-refractivity contribution in [1.82, 2.24) is 20.3 Å². The summed E-state index contributed by atoms with van der Waals surface area (Å²) in [6.45, 7) is 1.27. The van der Waals surface area contributed by atoms with Gasteiger partial charge in [0.2, 0.25) is 0 Å². The van der Waals surface area contributed by atoms with E-state index in [0.29, 0.717) is 46.7 Å². The molecule has 8 nitrogen and oxygen atoms in total. The van der Waals surface area contributed by atoms with Crippen LogP contribution in [0.25, 0.3) is 0 Å². The standard InChI is InChI=1S/C17H19F3N4O4/c1-10-4-6-16(7-5-10)14(27)24(15(28)21-16)22-12(25)9-23-8-11(17(18,19)20)2-3-13(23)26/h2-3,8,10H,4-7,9H2,1H3,(H,21,28)(H,22,25). The van der Waals surface area contributed by atoms with E-state index in [-0.39, 0.29) is 0 Å². The number of rotatable bonds is 3. The van der Waals surface area contributed by atoms with E-state index in [4.69, 9.17) is 0 Å². The molecule has 0 radical (unpaired) electrons. The van der Waals surface area contributed by atoms with Gasteiger partial charge in [-0.15, -0.1) is 0 Å². The molecule has 2 heterocycles. The Hall–Kier alpha value is -2.85. The second kappa shape index (κ2) is 6.95. The fourth-order valence-corrected chi connectivity index (χ4v) is 3.45. The number of hydrogen-bond donors (Lipinski definition) is 2. The summed E-state index contributed by atoms with van der Waals surface area (Å²) in [4.78, 5) is 48.7. The molecule has 1 aromatic heterocycles. The Labute approximate surface area is 157 Å². The highest BCUT2D eigenvalue weighted by atomic mass is 19.4. The van der Waals surface area contributed by atoms with E-state index in [1.807, 2.05) is 6.92 Å². The van der Waals surface area contributed by atoms with Crippen LogP contribution in [0.5, 0.6) is 0 Å². The number of nitrogens with zero attached hydrogens (tertiary/aromatic N) is 2. The fourth-order valence-electron chi connectivity index (χ4n) is 3.45. The average Bonchev–Trinajstić information content (AvgIpc) is 2.83. The highest BCUT2D eigenvalue weighted by molar-refractivity contribution is 6.08. The quantitative estimate of drug-likeness (QED) is 0.749. The van der Waals surface area contributed by atoms with Crippen molar-refractivity contribution in [2.24, 2.45) is 5.92 Å². The van der Waals surface area contributed by atoms with Crippen LogP contribution in [0.3, 0.4) is 0 Å². The van der Waals surface area contributed by atoms with Crippen LogP contribution in [0.4, 0.5) is 18.0 Å². The lowest BCUT2D eigenvalue weighted by molar-refractivity contribution is -0.140. The van der Waals surface area contributed by atoms with Crippen molar-refractivity contribution in [3.8, 4) is 0 Å². The molecule has 1 aliphatic heterocycles. The van der Waals surface area contributed by atoms with Gasteiger partial charge >= 0.3 is 12.2 Å². The molecular weight excluding hydrogens is 381 g/mol. The Bertz CT molecular complexity index is 872. The number of urea groups is 1. The van der Waals surface area contributed by atoms with Gasteiger partial charge in [-0.3, -0.25) is 19.8 Å². The number of nitrogens with one attached hydrogen (secondary N) is 2. The third-order valence-corrected chi connectivity index (χ3v) is 5.15. The molecule has 1 spiro atoms. The Morgan fingerprint density at radius 3 is 2.50 bits per heavy atom. The number of hydrazine groups is 1. The van der Waals surface area contributed by atoms with E-state index in [0.717, 1.165) is 12.8 Å². The molecule has 11 heteroatoms. The number of alkyl halides is 3. The van der Waals surface area contributed by atoms with Gasteiger partial charge in [-0.05, 0) is 37.7 Å². The van der Waals surface area contributed by atoms with Crippen molar-refractivity contribution in [3.63, 3.8) is 0 Å². The summed E-state index contributed by atoms with van der Waals surface area (Å²) < 4.78 is 38.9. The molecule has 0 bridgehead atoms. The number of halogens is 3. The minimum Gasteiger partial charge on any atom is -0.322 e. The first-order valence-electron chi connectivity index (χ1n) is 8.76.